The molecule has 0 bridgehead atoms. The third kappa shape index (κ3) is 6.40. The monoisotopic (exact) mass is 387 g/mol. The van der Waals surface area contributed by atoms with E-state index in [4.69, 9.17) is 9.84 Å². The summed E-state index contributed by atoms with van der Waals surface area (Å²) in [5.74, 6) is 0.210. The number of anilines is 1. The van der Waals surface area contributed by atoms with Crippen LogP contribution in [0.4, 0.5) is 5.69 Å². The highest BCUT2D eigenvalue weighted by molar-refractivity contribution is 5.92. The Balaban J connectivity index is 1.89. The number of aryl methyl sites for hydroxylation is 1. The van der Waals surface area contributed by atoms with E-state index in [2.05, 4.69) is 24.3 Å². The van der Waals surface area contributed by atoms with Crippen LogP contribution in [0, 0.1) is 19.8 Å². The second-order valence-electron chi connectivity index (χ2n) is 7.32. The minimum atomic E-state index is -0.832. The minimum Gasteiger partial charge on any atom is -0.494 e. The number of carboxylic acid groups (broad SMARTS) is 1. The molecule has 0 unspecified atom stereocenters. The van der Waals surface area contributed by atoms with Crippen molar-refractivity contribution in [3.05, 3.63) is 41.2 Å². The van der Waals surface area contributed by atoms with Gasteiger partial charge in [-0.2, -0.15) is 5.10 Å². The van der Waals surface area contributed by atoms with E-state index in [0.717, 1.165) is 23.5 Å². The van der Waals surface area contributed by atoms with Gasteiger partial charge in [0.15, 0.2) is 0 Å². The van der Waals surface area contributed by atoms with Gasteiger partial charge in [0.1, 0.15) is 5.75 Å². The van der Waals surface area contributed by atoms with Crippen LogP contribution in [0.15, 0.2) is 24.3 Å². The van der Waals surface area contributed by atoms with Gasteiger partial charge in [-0.05, 0) is 50.5 Å². The topological polar surface area (TPSA) is 93.5 Å². The highest BCUT2D eigenvalue weighted by atomic mass is 16.5. The number of benzene rings is 1. The zero-order valence-electron chi connectivity index (χ0n) is 17.0. The Kier molecular flexibility index (Phi) is 7.61. The van der Waals surface area contributed by atoms with Gasteiger partial charge < -0.3 is 15.2 Å². The number of nitrogens with one attached hydrogen (secondary N) is 1. The summed E-state index contributed by atoms with van der Waals surface area (Å²) in [5, 5.41) is 16.1. The summed E-state index contributed by atoms with van der Waals surface area (Å²) in [6, 6.07) is 7.06. The lowest BCUT2D eigenvalue weighted by Gasteiger charge is -2.09. The quantitative estimate of drug-likeness (QED) is 0.608. The molecule has 2 rings (SSSR count). The Morgan fingerprint density at radius 1 is 1.21 bits per heavy atom. The molecule has 152 valence electrons. The standard InChI is InChI=1S/C21H29N3O4/c1-14(2)13-24-16(4)19(15(3)23-24)12-20(25)22-17-7-9-18(10-8-17)28-11-5-6-21(26)27/h7-10,14H,5-6,11-13H2,1-4H3,(H,22,25)(H,26,27). The molecule has 2 N–H and O–H groups in total. The van der Waals surface area contributed by atoms with Crippen molar-refractivity contribution in [2.24, 2.45) is 5.92 Å². The summed E-state index contributed by atoms with van der Waals surface area (Å²) in [4.78, 5) is 22.9. The zero-order chi connectivity index (χ0) is 20.7. The lowest BCUT2D eigenvalue weighted by molar-refractivity contribution is -0.137. The number of ether oxygens (including phenoxy) is 1. The summed E-state index contributed by atoms with van der Waals surface area (Å²) < 4.78 is 7.46. The molecule has 7 heteroatoms. The number of carbonyl (C=O) groups is 2. The summed E-state index contributed by atoms with van der Waals surface area (Å²) in [6.07, 6.45) is 0.820. The number of nitrogens with zero attached hydrogens (tertiary/aromatic N) is 2. The van der Waals surface area contributed by atoms with Gasteiger partial charge in [-0.25, -0.2) is 0 Å². The Morgan fingerprint density at radius 3 is 2.50 bits per heavy atom. The van der Waals surface area contributed by atoms with Crippen LogP contribution in [-0.2, 0) is 22.6 Å². The lowest BCUT2D eigenvalue weighted by Crippen LogP contribution is -2.15. The van der Waals surface area contributed by atoms with E-state index in [9.17, 15) is 9.59 Å². The Labute approximate surface area is 165 Å². The second kappa shape index (κ2) is 9.92. The maximum atomic E-state index is 12.4. The number of aromatic nitrogens is 2. The molecule has 1 aromatic carbocycles. The van der Waals surface area contributed by atoms with Crippen LogP contribution in [0.1, 0.15) is 43.6 Å². The normalized spacial score (nSPS) is 10.9. The van der Waals surface area contributed by atoms with E-state index in [1.54, 1.807) is 24.3 Å². The van der Waals surface area contributed by atoms with Crippen LogP contribution in [0.3, 0.4) is 0 Å². The number of carboxylic acids is 1. The molecule has 7 nitrogen and oxygen atoms in total. The number of carbonyl (C=O) groups excluding carboxylic acids is 1. The molecule has 0 aliphatic carbocycles. The first-order chi connectivity index (χ1) is 13.3. The molecule has 0 saturated heterocycles. The smallest absolute Gasteiger partial charge is 0.303 e. The molecule has 1 amide bonds. The Morgan fingerprint density at radius 2 is 1.89 bits per heavy atom. The number of aliphatic carboxylic acids is 1. The first-order valence-electron chi connectivity index (χ1n) is 9.53. The predicted molar refractivity (Wildman–Crippen MR) is 108 cm³/mol. The number of hydrogen-bond acceptors (Lipinski definition) is 4. The molecule has 28 heavy (non-hydrogen) atoms. The van der Waals surface area contributed by atoms with Crippen molar-refractivity contribution in [3.8, 4) is 5.75 Å². The van der Waals surface area contributed by atoms with E-state index in [1.807, 2.05) is 18.5 Å². The van der Waals surface area contributed by atoms with Crippen molar-refractivity contribution in [1.82, 2.24) is 9.78 Å². The van der Waals surface area contributed by atoms with Gasteiger partial charge in [0.2, 0.25) is 5.91 Å². The predicted octanol–water partition coefficient (Wildman–Crippen LogP) is 3.58. The average Bonchev–Trinajstić information content (AvgIpc) is 2.87. The van der Waals surface area contributed by atoms with Crippen LogP contribution >= 0.6 is 0 Å². The molecule has 0 fully saturated rings. The van der Waals surface area contributed by atoms with E-state index in [1.165, 1.54) is 0 Å². The molecule has 0 atom stereocenters. The molecule has 1 heterocycles. The van der Waals surface area contributed by atoms with Crippen molar-refractivity contribution in [2.45, 2.75) is 53.5 Å². The molecular weight excluding hydrogens is 358 g/mol. The highest BCUT2D eigenvalue weighted by Crippen LogP contribution is 2.18. The highest BCUT2D eigenvalue weighted by Gasteiger charge is 2.15. The maximum absolute atomic E-state index is 12.4. The fourth-order valence-electron chi connectivity index (χ4n) is 2.93. The third-order valence-corrected chi connectivity index (χ3v) is 4.35. The Hall–Kier alpha value is -2.83. The molecule has 0 spiro atoms. The maximum Gasteiger partial charge on any atom is 0.303 e. The molecule has 0 aliphatic rings. The third-order valence-electron chi connectivity index (χ3n) is 4.35. The summed E-state index contributed by atoms with van der Waals surface area (Å²) in [5.41, 5.74) is 3.58. The molecule has 0 aliphatic heterocycles. The number of amides is 1. The van der Waals surface area contributed by atoms with Crippen LogP contribution in [0.2, 0.25) is 0 Å². The molecular formula is C21H29N3O4. The van der Waals surface area contributed by atoms with Crippen LogP contribution in [0.25, 0.3) is 0 Å². The fourth-order valence-corrected chi connectivity index (χ4v) is 2.93. The largest absolute Gasteiger partial charge is 0.494 e. The van der Waals surface area contributed by atoms with E-state index in [0.29, 0.717) is 30.4 Å². The zero-order valence-corrected chi connectivity index (χ0v) is 17.0. The van der Waals surface area contributed by atoms with E-state index in [-0.39, 0.29) is 18.7 Å². The van der Waals surface area contributed by atoms with E-state index >= 15 is 0 Å². The molecule has 0 radical (unpaired) electrons. The summed E-state index contributed by atoms with van der Waals surface area (Å²) in [6.45, 7) is 9.40. The number of rotatable bonds is 10. The van der Waals surface area contributed by atoms with Crippen LogP contribution in [0.5, 0.6) is 5.75 Å². The summed E-state index contributed by atoms with van der Waals surface area (Å²) >= 11 is 0. The first-order valence-corrected chi connectivity index (χ1v) is 9.53. The van der Waals surface area contributed by atoms with Gasteiger partial charge in [-0.1, -0.05) is 13.8 Å². The lowest BCUT2D eigenvalue weighted by atomic mass is 10.1. The van der Waals surface area contributed by atoms with Crippen molar-refractivity contribution in [1.29, 1.82) is 0 Å². The molecule has 2 aromatic rings. The first kappa shape index (κ1) is 21.5. The van der Waals surface area contributed by atoms with E-state index < -0.39 is 5.97 Å². The Bertz CT molecular complexity index is 810. The van der Waals surface area contributed by atoms with Gasteiger partial charge in [-0.3, -0.25) is 14.3 Å². The van der Waals surface area contributed by atoms with Crippen LogP contribution < -0.4 is 10.1 Å². The molecule has 0 saturated carbocycles. The number of hydrogen-bond donors (Lipinski definition) is 2. The summed E-state index contributed by atoms with van der Waals surface area (Å²) in [7, 11) is 0. The van der Waals surface area contributed by atoms with Crippen molar-refractivity contribution in [3.63, 3.8) is 0 Å². The van der Waals surface area contributed by atoms with Gasteiger partial charge in [0, 0.05) is 29.9 Å². The van der Waals surface area contributed by atoms with Crippen molar-refractivity contribution >= 4 is 17.6 Å². The van der Waals surface area contributed by atoms with Gasteiger partial charge in [0.25, 0.3) is 0 Å². The second-order valence-corrected chi connectivity index (χ2v) is 7.32. The van der Waals surface area contributed by atoms with Gasteiger partial charge in [0.05, 0.1) is 18.7 Å². The average molecular weight is 387 g/mol. The van der Waals surface area contributed by atoms with Crippen molar-refractivity contribution in [2.75, 3.05) is 11.9 Å². The van der Waals surface area contributed by atoms with Gasteiger partial charge >= 0.3 is 5.97 Å². The fraction of sp³-hybridized carbons (Fsp3) is 0.476. The van der Waals surface area contributed by atoms with Gasteiger partial charge in [-0.15, -0.1) is 0 Å². The van der Waals surface area contributed by atoms with Crippen molar-refractivity contribution < 1.29 is 19.4 Å². The molecule has 1 aromatic heterocycles. The minimum absolute atomic E-state index is 0.0841. The SMILES string of the molecule is Cc1nn(CC(C)C)c(C)c1CC(=O)Nc1ccc(OCCCC(=O)O)cc1. The van der Waals surface area contributed by atoms with Crippen LogP contribution in [-0.4, -0.2) is 33.4 Å².